The van der Waals surface area contributed by atoms with Crippen LogP contribution in [0.4, 0.5) is 5.69 Å². The lowest BCUT2D eigenvalue weighted by Crippen LogP contribution is -2.35. The van der Waals surface area contributed by atoms with Gasteiger partial charge in [0.05, 0.1) is 5.92 Å². The molecule has 4 nitrogen and oxygen atoms in total. The van der Waals surface area contributed by atoms with Gasteiger partial charge >= 0.3 is 0 Å². The zero-order chi connectivity index (χ0) is 15.7. The molecule has 4 heteroatoms. The zero-order valence-electron chi connectivity index (χ0n) is 13.4. The lowest BCUT2D eigenvalue weighted by Gasteiger charge is -2.24. The van der Waals surface area contributed by atoms with Crippen molar-refractivity contribution in [3.05, 3.63) is 29.3 Å². The first-order valence-corrected chi connectivity index (χ1v) is 8.22. The van der Waals surface area contributed by atoms with Crippen molar-refractivity contribution in [2.45, 2.75) is 52.0 Å². The molecule has 0 bridgehead atoms. The summed E-state index contributed by atoms with van der Waals surface area (Å²) in [6.07, 6.45) is 4.95. The van der Waals surface area contributed by atoms with E-state index in [0.29, 0.717) is 19.0 Å². The van der Waals surface area contributed by atoms with E-state index < -0.39 is 0 Å². The van der Waals surface area contributed by atoms with Crippen LogP contribution in [0.1, 0.15) is 43.2 Å². The number of nitrogens with one attached hydrogen (secondary N) is 1. The molecule has 1 atom stereocenters. The maximum Gasteiger partial charge on any atom is 0.229 e. The third-order valence-corrected chi connectivity index (χ3v) is 4.95. The number of carbonyl (C=O) groups excluding carboxylic acids is 2. The molecule has 1 saturated heterocycles. The SMILES string of the molecule is Cc1ccc(C)c(NC(=O)[C@H]2CC(=O)N(C3CCCC3)C2)c1. The molecule has 1 heterocycles. The van der Waals surface area contributed by atoms with Crippen molar-refractivity contribution >= 4 is 17.5 Å². The fourth-order valence-electron chi connectivity index (χ4n) is 3.58. The van der Waals surface area contributed by atoms with Gasteiger partial charge in [0.1, 0.15) is 0 Å². The van der Waals surface area contributed by atoms with Crippen LogP contribution in [0.25, 0.3) is 0 Å². The van der Waals surface area contributed by atoms with Gasteiger partial charge < -0.3 is 10.2 Å². The summed E-state index contributed by atoms with van der Waals surface area (Å²) in [5.74, 6) is -0.0939. The first kappa shape index (κ1) is 15.1. The van der Waals surface area contributed by atoms with Gasteiger partial charge in [0, 0.05) is 24.7 Å². The Morgan fingerprint density at radius 3 is 2.68 bits per heavy atom. The second kappa shape index (κ2) is 6.11. The van der Waals surface area contributed by atoms with E-state index in [9.17, 15) is 9.59 Å². The maximum atomic E-state index is 12.5. The molecule has 1 aliphatic heterocycles. The van der Waals surface area contributed by atoms with Crippen molar-refractivity contribution in [2.75, 3.05) is 11.9 Å². The lowest BCUT2D eigenvalue weighted by atomic mass is 10.1. The highest BCUT2D eigenvalue weighted by Gasteiger charge is 2.38. The Balaban J connectivity index is 1.65. The quantitative estimate of drug-likeness (QED) is 0.933. The largest absolute Gasteiger partial charge is 0.339 e. The number of anilines is 1. The first-order chi connectivity index (χ1) is 10.5. The summed E-state index contributed by atoms with van der Waals surface area (Å²) in [7, 11) is 0. The number of benzene rings is 1. The molecule has 1 aromatic carbocycles. The summed E-state index contributed by atoms with van der Waals surface area (Å²) in [6.45, 7) is 4.58. The molecule has 0 radical (unpaired) electrons. The Labute approximate surface area is 131 Å². The van der Waals surface area contributed by atoms with Crippen LogP contribution in [0.2, 0.25) is 0 Å². The minimum absolute atomic E-state index is 0.0254. The number of aryl methyl sites for hydroxylation is 2. The third-order valence-electron chi connectivity index (χ3n) is 4.95. The van der Waals surface area contributed by atoms with E-state index in [1.54, 1.807) is 0 Å². The van der Waals surface area contributed by atoms with Gasteiger partial charge in [-0.05, 0) is 43.9 Å². The summed E-state index contributed by atoms with van der Waals surface area (Å²) in [5, 5.41) is 3.01. The Morgan fingerprint density at radius 1 is 1.23 bits per heavy atom. The molecule has 0 spiro atoms. The molecule has 0 unspecified atom stereocenters. The normalized spacial score (nSPS) is 22.4. The van der Waals surface area contributed by atoms with E-state index in [2.05, 4.69) is 5.32 Å². The smallest absolute Gasteiger partial charge is 0.229 e. The van der Waals surface area contributed by atoms with Crippen LogP contribution in [0.5, 0.6) is 0 Å². The average molecular weight is 300 g/mol. The highest BCUT2D eigenvalue weighted by Crippen LogP contribution is 2.30. The number of amides is 2. The standard InChI is InChI=1S/C18H24N2O2/c1-12-7-8-13(2)16(9-12)19-18(22)14-10-17(21)20(11-14)15-5-3-4-6-15/h7-9,14-15H,3-6,10-11H2,1-2H3,(H,19,22)/t14-/m0/s1. The number of hydrogen-bond donors (Lipinski definition) is 1. The van der Waals surface area contributed by atoms with Gasteiger partial charge in [-0.3, -0.25) is 9.59 Å². The predicted octanol–water partition coefficient (Wildman–Crippen LogP) is 3.03. The van der Waals surface area contributed by atoms with Crippen molar-refractivity contribution in [1.29, 1.82) is 0 Å². The fourth-order valence-corrected chi connectivity index (χ4v) is 3.58. The van der Waals surface area contributed by atoms with Gasteiger partial charge in [0.2, 0.25) is 11.8 Å². The topological polar surface area (TPSA) is 49.4 Å². The summed E-state index contributed by atoms with van der Waals surface area (Å²) in [6, 6.07) is 6.39. The van der Waals surface area contributed by atoms with Crippen LogP contribution in [-0.2, 0) is 9.59 Å². The minimum atomic E-state index is -0.215. The van der Waals surface area contributed by atoms with Crippen molar-refractivity contribution in [3.8, 4) is 0 Å². The fraction of sp³-hybridized carbons (Fsp3) is 0.556. The molecule has 1 N–H and O–H groups in total. The van der Waals surface area contributed by atoms with E-state index in [1.165, 1.54) is 12.8 Å². The third kappa shape index (κ3) is 3.01. The molecule has 2 aliphatic rings. The molecule has 0 aromatic heterocycles. The molecule has 2 fully saturated rings. The van der Waals surface area contributed by atoms with Gasteiger partial charge in [-0.15, -0.1) is 0 Å². The lowest BCUT2D eigenvalue weighted by molar-refractivity contribution is -0.129. The number of nitrogens with zero attached hydrogens (tertiary/aromatic N) is 1. The molecule has 1 aromatic rings. The average Bonchev–Trinajstić information content (AvgIpc) is 3.11. The van der Waals surface area contributed by atoms with E-state index in [4.69, 9.17) is 0 Å². The summed E-state index contributed by atoms with van der Waals surface area (Å²) in [5.41, 5.74) is 3.03. The van der Waals surface area contributed by atoms with E-state index >= 15 is 0 Å². The number of carbonyl (C=O) groups is 2. The molecule has 1 aliphatic carbocycles. The number of rotatable bonds is 3. The minimum Gasteiger partial charge on any atom is -0.339 e. The van der Waals surface area contributed by atoms with Crippen LogP contribution < -0.4 is 5.32 Å². The monoisotopic (exact) mass is 300 g/mol. The summed E-state index contributed by atoms with van der Waals surface area (Å²) >= 11 is 0. The van der Waals surface area contributed by atoms with Gasteiger partial charge in [-0.1, -0.05) is 25.0 Å². The Bertz CT molecular complexity index is 591. The van der Waals surface area contributed by atoms with E-state index in [0.717, 1.165) is 29.7 Å². The zero-order valence-corrected chi connectivity index (χ0v) is 13.4. The Kier molecular flexibility index (Phi) is 4.19. The molecule has 118 valence electrons. The Hall–Kier alpha value is -1.84. The van der Waals surface area contributed by atoms with Crippen molar-refractivity contribution in [1.82, 2.24) is 4.90 Å². The molecule has 1 saturated carbocycles. The van der Waals surface area contributed by atoms with Gasteiger partial charge in [-0.2, -0.15) is 0 Å². The molecular weight excluding hydrogens is 276 g/mol. The van der Waals surface area contributed by atoms with Crippen molar-refractivity contribution in [2.24, 2.45) is 5.92 Å². The van der Waals surface area contributed by atoms with Gasteiger partial charge in [-0.25, -0.2) is 0 Å². The second-order valence-electron chi connectivity index (χ2n) is 6.69. The van der Waals surface area contributed by atoms with E-state index in [1.807, 2.05) is 36.9 Å². The Morgan fingerprint density at radius 2 is 1.95 bits per heavy atom. The van der Waals surface area contributed by atoms with Crippen LogP contribution in [0, 0.1) is 19.8 Å². The van der Waals surface area contributed by atoms with Crippen molar-refractivity contribution < 1.29 is 9.59 Å². The van der Waals surface area contributed by atoms with Gasteiger partial charge in [0.15, 0.2) is 0 Å². The maximum absolute atomic E-state index is 12.5. The van der Waals surface area contributed by atoms with E-state index in [-0.39, 0.29) is 17.7 Å². The summed E-state index contributed by atoms with van der Waals surface area (Å²) in [4.78, 5) is 26.6. The number of hydrogen-bond acceptors (Lipinski definition) is 2. The van der Waals surface area contributed by atoms with Crippen molar-refractivity contribution in [3.63, 3.8) is 0 Å². The predicted molar refractivity (Wildman–Crippen MR) is 86.6 cm³/mol. The van der Waals surface area contributed by atoms with Crippen LogP contribution >= 0.6 is 0 Å². The highest BCUT2D eigenvalue weighted by molar-refractivity contribution is 5.97. The summed E-state index contributed by atoms with van der Waals surface area (Å²) < 4.78 is 0. The van der Waals surface area contributed by atoms with Gasteiger partial charge in [0.25, 0.3) is 0 Å². The first-order valence-electron chi connectivity index (χ1n) is 8.22. The molecule has 2 amide bonds. The molecule has 3 rings (SSSR count). The second-order valence-corrected chi connectivity index (χ2v) is 6.69. The number of likely N-dealkylation sites (tertiary alicyclic amines) is 1. The van der Waals surface area contributed by atoms with Crippen LogP contribution in [0.15, 0.2) is 18.2 Å². The molecular formula is C18H24N2O2. The van der Waals surface area contributed by atoms with Crippen LogP contribution in [0.3, 0.4) is 0 Å². The molecule has 22 heavy (non-hydrogen) atoms. The highest BCUT2D eigenvalue weighted by atomic mass is 16.2. The van der Waals surface area contributed by atoms with Crippen LogP contribution in [-0.4, -0.2) is 29.3 Å².